The van der Waals surface area contributed by atoms with Crippen LogP contribution in [0, 0.1) is 25.6 Å². The number of anilines is 1. The summed E-state index contributed by atoms with van der Waals surface area (Å²) >= 11 is 0. The topological polar surface area (TPSA) is 72.3 Å². The molecule has 5 rings (SSSR count). The lowest BCUT2D eigenvalue weighted by molar-refractivity contribution is -0.128. The number of aromatic nitrogens is 2. The van der Waals surface area contributed by atoms with E-state index in [4.69, 9.17) is 5.10 Å². The third-order valence-electron chi connectivity index (χ3n) is 6.83. The minimum absolute atomic E-state index is 0.108. The molecule has 186 valence electrons. The van der Waals surface area contributed by atoms with Gasteiger partial charge in [0, 0.05) is 30.4 Å². The van der Waals surface area contributed by atoms with Gasteiger partial charge in [-0.25, -0.2) is 14.0 Å². The standard InChI is InChI=1S/C30H26FN3O3/c1-18-8-7-9-22(16-18)26(36)17-25-28(21-12-14-23(31)15-13-21)27-19(2)32-34(24-10-5-4-6-11-24)29(27)33(20(3)35)30(25)37/h4-16,25,28H,17H2,1-3H3/t25-,28+/m0/s1. The quantitative estimate of drug-likeness (QED) is 0.341. The normalized spacial score (nSPS) is 17.0. The largest absolute Gasteiger partial charge is 0.294 e. The Morgan fingerprint density at radius 3 is 2.30 bits per heavy atom. The Morgan fingerprint density at radius 1 is 0.946 bits per heavy atom. The van der Waals surface area contributed by atoms with Crippen molar-refractivity contribution >= 4 is 23.4 Å². The van der Waals surface area contributed by atoms with Crippen LogP contribution in [0.1, 0.15) is 52.0 Å². The van der Waals surface area contributed by atoms with Gasteiger partial charge in [-0.2, -0.15) is 5.10 Å². The molecular formula is C30H26FN3O3. The lowest BCUT2D eigenvalue weighted by atomic mass is 9.74. The molecule has 0 radical (unpaired) electrons. The van der Waals surface area contributed by atoms with E-state index in [1.54, 1.807) is 35.0 Å². The number of amides is 2. The SMILES string of the molecule is CC(=O)N1C(=O)[C@@H](CC(=O)c2cccc(C)c2)[C@@H](c2ccc(F)cc2)c2c(C)nn(-c3ccccc3)c21. The molecule has 0 saturated heterocycles. The Hall–Kier alpha value is -4.39. The summed E-state index contributed by atoms with van der Waals surface area (Å²) in [5.41, 5.74) is 4.10. The lowest BCUT2D eigenvalue weighted by Crippen LogP contribution is -2.47. The number of halogens is 1. The van der Waals surface area contributed by atoms with E-state index in [1.807, 2.05) is 50.2 Å². The molecule has 2 heterocycles. The molecule has 0 N–H and O–H groups in total. The predicted octanol–water partition coefficient (Wildman–Crippen LogP) is 5.54. The van der Waals surface area contributed by atoms with Gasteiger partial charge in [0.1, 0.15) is 11.6 Å². The zero-order chi connectivity index (χ0) is 26.3. The molecule has 1 aliphatic heterocycles. The molecule has 4 aromatic rings. The predicted molar refractivity (Wildman–Crippen MR) is 138 cm³/mol. The van der Waals surface area contributed by atoms with Crippen molar-refractivity contribution in [2.45, 2.75) is 33.1 Å². The van der Waals surface area contributed by atoms with Crippen LogP contribution in [-0.4, -0.2) is 27.4 Å². The fraction of sp³-hybridized carbons (Fsp3) is 0.200. The second-order valence-corrected chi connectivity index (χ2v) is 9.40. The van der Waals surface area contributed by atoms with Gasteiger partial charge in [0.15, 0.2) is 5.78 Å². The molecule has 6 nitrogen and oxygen atoms in total. The fourth-order valence-corrected chi connectivity index (χ4v) is 5.18. The van der Waals surface area contributed by atoms with Crippen LogP contribution < -0.4 is 4.90 Å². The minimum Gasteiger partial charge on any atom is -0.294 e. The van der Waals surface area contributed by atoms with Gasteiger partial charge >= 0.3 is 0 Å². The molecule has 0 unspecified atom stereocenters. The first-order chi connectivity index (χ1) is 17.8. The second kappa shape index (κ2) is 9.58. The Kier molecular flexibility index (Phi) is 6.29. The monoisotopic (exact) mass is 495 g/mol. The number of hydrogen-bond acceptors (Lipinski definition) is 4. The summed E-state index contributed by atoms with van der Waals surface area (Å²) in [6, 6.07) is 22.4. The molecule has 1 aromatic heterocycles. The highest BCUT2D eigenvalue weighted by Crippen LogP contribution is 2.47. The van der Waals surface area contributed by atoms with Gasteiger partial charge in [-0.05, 0) is 49.7 Å². The number of Topliss-reactive ketones (excluding diaryl/α,β-unsaturated/α-hetero) is 1. The average molecular weight is 496 g/mol. The third-order valence-corrected chi connectivity index (χ3v) is 6.83. The van der Waals surface area contributed by atoms with Crippen molar-refractivity contribution in [1.82, 2.24) is 9.78 Å². The number of carbonyl (C=O) groups excluding carboxylic acids is 3. The van der Waals surface area contributed by atoms with E-state index < -0.39 is 29.5 Å². The maximum Gasteiger partial charge on any atom is 0.239 e. The number of fused-ring (bicyclic) bond motifs is 1. The molecule has 2 amide bonds. The fourth-order valence-electron chi connectivity index (χ4n) is 5.18. The summed E-state index contributed by atoms with van der Waals surface area (Å²) in [5.74, 6) is -2.65. The van der Waals surface area contributed by atoms with Crippen molar-refractivity contribution in [3.63, 3.8) is 0 Å². The maximum atomic E-state index is 14.0. The smallest absolute Gasteiger partial charge is 0.239 e. The van der Waals surface area contributed by atoms with Gasteiger partial charge < -0.3 is 0 Å². The van der Waals surface area contributed by atoms with Crippen molar-refractivity contribution in [1.29, 1.82) is 0 Å². The Bertz CT molecular complexity index is 1510. The second-order valence-electron chi connectivity index (χ2n) is 9.40. The molecular weight excluding hydrogens is 469 g/mol. The average Bonchev–Trinajstić information content (AvgIpc) is 3.21. The molecule has 7 heteroatoms. The first-order valence-electron chi connectivity index (χ1n) is 12.1. The van der Waals surface area contributed by atoms with E-state index in [1.165, 1.54) is 19.1 Å². The Morgan fingerprint density at radius 2 is 1.65 bits per heavy atom. The number of imide groups is 1. The number of benzene rings is 3. The zero-order valence-electron chi connectivity index (χ0n) is 20.8. The van der Waals surface area contributed by atoms with Crippen molar-refractivity contribution in [2.75, 3.05) is 4.90 Å². The van der Waals surface area contributed by atoms with Gasteiger partial charge in [0.2, 0.25) is 11.8 Å². The molecule has 37 heavy (non-hydrogen) atoms. The minimum atomic E-state index is -0.873. The summed E-state index contributed by atoms with van der Waals surface area (Å²) in [4.78, 5) is 41.5. The Balaban J connectivity index is 1.72. The van der Waals surface area contributed by atoms with Crippen LogP contribution in [0.4, 0.5) is 10.2 Å². The molecule has 3 aromatic carbocycles. The van der Waals surface area contributed by atoms with Crippen LogP contribution in [0.2, 0.25) is 0 Å². The highest BCUT2D eigenvalue weighted by atomic mass is 19.1. The van der Waals surface area contributed by atoms with E-state index in [0.29, 0.717) is 33.9 Å². The first-order valence-corrected chi connectivity index (χ1v) is 12.1. The highest BCUT2D eigenvalue weighted by Gasteiger charge is 2.47. The molecule has 0 fully saturated rings. The van der Waals surface area contributed by atoms with Crippen LogP contribution in [0.5, 0.6) is 0 Å². The molecule has 1 aliphatic rings. The summed E-state index contributed by atoms with van der Waals surface area (Å²) < 4.78 is 15.5. The number of ketones is 1. The summed E-state index contributed by atoms with van der Waals surface area (Å²) in [6.07, 6.45) is -0.108. The van der Waals surface area contributed by atoms with Crippen molar-refractivity contribution < 1.29 is 18.8 Å². The number of aryl methyl sites for hydroxylation is 2. The van der Waals surface area contributed by atoms with Crippen molar-refractivity contribution in [3.05, 3.63) is 113 Å². The highest BCUT2D eigenvalue weighted by molar-refractivity contribution is 6.17. The van der Waals surface area contributed by atoms with Crippen LogP contribution in [-0.2, 0) is 9.59 Å². The number of rotatable bonds is 5. The van der Waals surface area contributed by atoms with E-state index >= 15 is 0 Å². The lowest BCUT2D eigenvalue weighted by Gasteiger charge is -2.37. The maximum absolute atomic E-state index is 14.0. The number of hydrogen-bond donors (Lipinski definition) is 0. The molecule has 0 spiro atoms. The Labute approximate surface area is 214 Å². The van der Waals surface area contributed by atoms with Gasteiger partial charge in [-0.3, -0.25) is 14.4 Å². The van der Waals surface area contributed by atoms with Crippen LogP contribution >= 0.6 is 0 Å². The molecule has 0 bridgehead atoms. The van der Waals surface area contributed by atoms with E-state index in [2.05, 4.69) is 0 Å². The van der Waals surface area contributed by atoms with Crippen LogP contribution in [0.3, 0.4) is 0 Å². The number of carbonyl (C=O) groups is 3. The molecule has 0 saturated carbocycles. The summed E-state index contributed by atoms with van der Waals surface area (Å²) in [6.45, 7) is 5.05. The van der Waals surface area contributed by atoms with E-state index in [9.17, 15) is 18.8 Å². The number of nitrogens with zero attached hydrogens (tertiary/aromatic N) is 3. The zero-order valence-corrected chi connectivity index (χ0v) is 20.8. The summed E-state index contributed by atoms with van der Waals surface area (Å²) in [5, 5.41) is 4.72. The number of para-hydroxylation sites is 1. The third kappa shape index (κ3) is 4.37. The van der Waals surface area contributed by atoms with E-state index in [-0.39, 0.29) is 12.2 Å². The van der Waals surface area contributed by atoms with Gasteiger partial charge in [-0.15, -0.1) is 0 Å². The van der Waals surface area contributed by atoms with Gasteiger partial charge in [0.25, 0.3) is 0 Å². The van der Waals surface area contributed by atoms with Crippen LogP contribution in [0.15, 0.2) is 78.9 Å². The van der Waals surface area contributed by atoms with Gasteiger partial charge in [0.05, 0.1) is 17.3 Å². The van der Waals surface area contributed by atoms with E-state index in [0.717, 1.165) is 10.5 Å². The molecule has 2 atom stereocenters. The van der Waals surface area contributed by atoms with Crippen LogP contribution in [0.25, 0.3) is 5.69 Å². The van der Waals surface area contributed by atoms with Gasteiger partial charge in [-0.1, -0.05) is 54.1 Å². The summed E-state index contributed by atoms with van der Waals surface area (Å²) in [7, 11) is 0. The first kappa shape index (κ1) is 24.3. The molecule has 0 aliphatic carbocycles. The van der Waals surface area contributed by atoms with Crippen molar-refractivity contribution in [3.8, 4) is 5.69 Å². The van der Waals surface area contributed by atoms with Crippen molar-refractivity contribution in [2.24, 2.45) is 5.92 Å².